The molecule has 2 aliphatic heterocycles. The first-order chi connectivity index (χ1) is 13.0. The average Bonchev–Trinajstić information content (AvgIpc) is 3.29. The molecule has 1 aromatic carbocycles. The van der Waals surface area contributed by atoms with Gasteiger partial charge in [0.05, 0.1) is 6.42 Å². The Bertz CT molecular complexity index is 723. The van der Waals surface area contributed by atoms with Crippen LogP contribution < -0.4 is 9.47 Å². The van der Waals surface area contributed by atoms with Crippen molar-refractivity contribution in [2.24, 2.45) is 0 Å². The van der Waals surface area contributed by atoms with Gasteiger partial charge >= 0.3 is 0 Å². The summed E-state index contributed by atoms with van der Waals surface area (Å²) < 4.78 is 10.6. The van der Waals surface area contributed by atoms with E-state index in [1.54, 1.807) is 12.1 Å². The lowest BCUT2D eigenvalue weighted by Crippen LogP contribution is -2.45. The summed E-state index contributed by atoms with van der Waals surface area (Å²) >= 11 is 0. The van der Waals surface area contributed by atoms with Crippen LogP contribution in [0.25, 0.3) is 0 Å². The van der Waals surface area contributed by atoms with Gasteiger partial charge in [-0.3, -0.25) is 29.7 Å². The van der Waals surface area contributed by atoms with Crippen molar-refractivity contribution in [1.29, 1.82) is 0 Å². The van der Waals surface area contributed by atoms with Crippen molar-refractivity contribution in [3.8, 4) is 11.5 Å². The fourth-order valence-corrected chi connectivity index (χ4v) is 3.27. The zero-order valence-corrected chi connectivity index (χ0v) is 15.1. The normalized spacial score (nSPS) is 15.3. The van der Waals surface area contributed by atoms with Crippen LogP contribution in [0.4, 0.5) is 0 Å². The number of ether oxygens (including phenoxy) is 2. The molecule has 1 fully saturated rings. The molecule has 0 saturated carbocycles. The van der Waals surface area contributed by atoms with Gasteiger partial charge in [0.1, 0.15) is 0 Å². The van der Waals surface area contributed by atoms with Gasteiger partial charge in [-0.15, -0.1) is 0 Å². The lowest BCUT2D eigenvalue weighted by molar-refractivity contribution is -0.480. The lowest BCUT2D eigenvalue weighted by atomic mass is 10.1. The zero-order valence-electron chi connectivity index (χ0n) is 15.1. The second-order valence-corrected chi connectivity index (χ2v) is 6.62. The van der Waals surface area contributed by atoms with E-state index in [4.69, 9.17) is 9.47 Å². The summed E-state index contributed by atoms with van der Waals surface area (Å²) in [7, 11) is 0. The third kappa shape index (κ3) is 4.87. The molecule has 9 heteroatoms. The first-order valence-corrected chi connectivity index (χ1v) is 9.15. The first-order valence-electron chi connectivity index (χ1n) is 9.15. The SMILES string of the molecule is O=C(CCCCC[N+](=O)[O-])N1CCCN1C(=O)Cc1ccc2c(c1)OCO2. The van der Waals surface area contributed by atoms with E-state index in [0.717, 1.165) is 12.0 Å². The highest BCUT2D eigenvalue weighted by Crippen LogP contribution is 2.32. The van der Waals surface area contributed by atoms with Crippen LogP contribution in [0.1, 0.15) is 37.7 Å². The van der Waals surface area contributed by atoms with Crippen molar-refractivity contribution in [2.45, 2.75) is 38.5 Å². The van der Waals surface area contributed by atoms with Gasteiger partial charge in [-0.2, -0.15) is 0 Å². The van der Waals surface area contributed by atoms with Crippen LogP contribution in [-0.4, -0.2) is 53.2 Å². The molecule has 146 valence electrons. The molecule has 27 heavy (non-hydrogen) atoms. The molecule has 0 bridgehead atoms. The smallest absolute Gasteiger partial charge is 0.245 e. The molecule has 2 amide bonds. The second kappa shape index (κ2) is 8.70. The minimum atomic E-state index is -0.348. The van der Waals surface area contributed by atoms with Crippen LogP contribution >= 0.6 is 0 Å². The number of carbonyl (C=O) groups excluding carboxylic acids is 2. The summed E-state index contributed by atoms with van der Waals surface area (Å²) in [6, 6.07) is 5.39. The summed E-state index contributed by atoms with van der Waals surface area (Å²) in [4.78, 5) is 35.0. The summed E-state index contributed by atoms with van der Waals surface area (Å²) in [5, 5.41) is 13.3. The monoisotopic (exact) mass is 377 g/mol. The van der Waals surface area contributed by atoms with E-state index in [0.29, 0.717) is 50.3 Å². The maximum Gasteiger partial charge on any atom is 0.245 e. The van der Waals surface area contributed by atoms with Gasteiger partial charge in [-0.1, -0.05) is 6.07 Å². The van der Waals surface area contributed by atoms with E-state index >= 15 is 0 Å². The molecule has 2 aliphatic rings. The Morgan fingerprint density at radius 3 is 2.56 bits per heavy atom. The summed E-state index contributed by atoms with van der Waals surface area (Å²) in [6.07, 6.45) is 2.92. The molecule has 1 aromatic rings. The van der Waals surface area contributed by atoms with Gasteiger partial charge in [0, 0.05) is 30.9 Å². The van der Waals surface area contributed by atoms with Gasteiger partial charge in [-0.05, 0) is 37.0 Å². The van der Waals surface area contributed by atoms with E-state index in [1.165, 1.54) is 10.0 Å². The number of unbranched alkanes of at least 4 members (excludes halogenated alkanes) is 2. The number of amides is 2. The molecule has 0 spiro atoms. The van der Waals surface area contributed by atoms with Gasteiger partial charge < -0.3 is 9.47 Å². The maximum absolute atomic E-state index is 12.7. The number of hydrogen-bond acceptors (Lipinski definition) is 6. The van der Waals surface area contributed by atoms with Crippen molar-refractivity contribution in [1.82, 2.24) is 10.0 Å². The second-order valence-electron chi connectivity index (χ2n) is 6.62. The van der Waals surface area contributed by atoms with Crippen LogP contribution in [0.5, 0.6) is 11.5 Å². The van der Waals surface area contributed by atoms with Crippen molar-refractivity contribution in [3.63, 3.8) is 0 Å². The van der Waals surface area contributed by atoms with Gasteiger partial charge in [0.25, 0.3) is 0 Å². The third-order valence-corrected chi connectivity index (χ3v) is 4.63. The molecular formula is C18H23N3O6. The van der Waals surface area contributed by atoms with Crippen LogP contribution in [0.15, 0.2) is 18.2 Å². The van der Waals surface area contributed by atoms with Crippen LogP contribution in [0.3, 0.4) is 0 Å². The highest BCUT2D eigenvalue weighted by atomic mass is 16.7. The number of nitrogens with zero attached hydrogens (tertiary/aromatic N) is 3. The molecule has 0 aromatic heterocycles. The van der Waals surface area contributed by atoms with Crippen LogP contribution in [0, 0.1) is 10.1 Å². The first kappa shape index (κ1) is 18.9. The molecule has 0 N–H and O–H groups in total. The van der Waals surface area contributed by atoms with Crippen molar-refractivity contribution >= 4 is 11.8 Å². The topological polar surface area (TPSA) is 102 Å². The third-order valence-electron chi connectivity index (χ3n) is 4.63. The molecule has 2 heterocycles. The minimum Gasteiger partial charge on any atom is -0.454 e. The molecule has 0 radical (unpaired) electrons. The Morgan fingerprint density at radius 2 is 1.78 bits per heavy atom. The van der Waals surface area contributed by atoms with Gasteiger partial charge in [0.15, 0.2) is 11.5 Å². The average molecular weight is 377 g/mol. The number of benzene rings is 1. The number of nitro groups is 1. The number of hydrogen-bond donors (Lipinski definition) is 0. The van der Waals surface area contributed by atoms with Crippen molar-refractivity contribution in [2.75, 3.05) is 26.4 Å². The molecule has 0 aliphatic carbocycles. The van der Waals surface area contributed by atoms with Crippen molar-refractivity contribution < 1.29 is 24.0 Å². The Morgan fingerprint density at radius 1 is 1.04 bits per heavy atom. The van der Waals surface area contributed by atoms with E-state index in [-0.39, 0.29) is 36.5 Å². The van der Waals surface area contributed by atoms with Crippen molar-refractivity contribution in [3.05, 3.63) is 33.9 Å². The predicted molar refractivity (Wildman–Crippen MR) is 94.6 cm³/mol. The highest BCUT2D eigenvalue weighted by molar-refractivity contribution is 5.84. The summed E-state index contributed by atoms with van der Waals surface area (Å²) in [5.74, 6) is 1.06. The quantitative estimate of drug-likeness (QED) is 0.389. The fourth-order valence-electron chi connectivity index (χ4n) is 3.27. The predicted octanol–water partition coefficient (Wildman–Crippen LogP) is 1.77. The summed E-state index contributed by atoms with van der Waals surface area (Å²) in [5.41, 5.74) is 0.809. The molecule has 0 atom stereocenters. The molecule has 3 rings (SSSR count). The Hall–Kier alpha value is -2.84. The standard InChI is InChI=1S/C18H23N3O6/c22-17(5-2-1-3-10-21(24)25)19-8-4-9-20(19)18(23)12-14-6-7-15-16(11-14)27-13-26-15/h6-7,11H,1-5,8-10,12-13H2. The number of fused-ring (bicyclic) bond motifs is 1. The maximum atomic E-state index is 12.7. The lowest BCUT2D eigenvalue weighted by Gasteiger charge is -2.28. The minimum absolute atomic E-state index is 0.0714. The number of carbonyl (C=O) groups is 2. The Kier molecular flexibility index (Phi) is 6.10. The van der Waals surface area contributed by atoms with Gasteiger partial charge in [-0.25, -0.2) is 0 Å². The van der Waals surface area contributed by atoms with E-state index < -0.39 is 0 Å². The number of rotatable bonds is 8. The number of hydrazine groups is 1. The fraction of sp³-hybridized carbons (Fsp3) is 0.556. The largest absolute Gasteiger partial charge is 0.454 e. The van der Waals surface area contributed by atoms with Gasteiger partial charge in [0.2, 0.25) is 25.2 Å². The van der Waals surface area contributed by atoms with E-state index in [2.05, 4.69) is 0 Å². The van der Waals surface area contributed by atoms with E-state index in [9.17, 15) is 19.7 Å². The van der Waals surface area contributed by atoms with Crippen LogP contribution in [0.2, 0.25) is 0 Å². The molecular weight excluding hydrogens is 354 g/mol. The van der Waals surface area contributed by atoms with E-state index in [1.807, 2.05) is 6.07 Å². The van der Waals surface area contributed by atoms with Crippen LogP contribution in [-0.2, 0) is 16.0 Å². The molecule has 0 unspecified atom stereocenters. The molecule has 1 saturated heterocycles. The summed E-state index contributed by atoms with van der Waals surface area (Å²) in [6.45, 7) is 1.16. The molecule has 9 nitrogen and oxygen atoms in total. The Balaban J connectivity index is 1.50. The highest BCUT2D eigenvalue weighted by Gasteiger charge is 2.30. The zero-order chi connectivity index (χ0) is 19.2. The Labute approximate surface area is 156 Å².